The third-order valence-corrected chi connectivity index (χ3v) is 4.28. The molecule has 0 saturated carbocycles. The van der Waals surface area contributed by atoms with Crippen molar-refractivity contribution in [2.75, 3.05) is 0 Å². The van der Waals surface area contributed by atoms with E-state index in [9.17, 15) is 4.39 Å². The van der Waals surface area contributed by atoms with E-state index in [2.05, 4.69) is 10.2 Å². The third-order valence-electron chi connectivity index (χ3n) is 3.50. The minimum Gasteiger partial charge on any atom is -0.192 e. The molecular weight excluding hydrogens is 553 g/mol. The molecule has 28 heavy (non-hydrogen) atoms. The van der Waals surface area contributed by atoms with Crippen LogP contribution in [0.5, 0.6) is 17.2 Å². The van der Waals surface area contributed by atoms with Gasteiger partial charge in [0.2, 0.25) is 0 Å². The van der Waals surface area contributed by atoms with Gasteiger partial charge in [0, 0.05) is 5.02 Å². The van der Waals surface area contributed by atoms with E-state index in [1.54, 1.807) is 6.20 Å². The standard InChI is InChI=1S/C20H13ClFN3O2.W/c1-2-3-14-11-24-25-20(14)12-26-17-7-16(22)8-19(9-17)27-18-5-13(10-23)4-15(21)6-18;/h1-9,11H,12H2,(H,24,25);/i8T;. The van der Waals surface area contributed by atoms with Crippen LogP contribution in [-0.2, 0) is 26.0 Å². The molecule has 0 aliphatic rings. The molecule has 0 saturated heterocycles. The Balaban J connectivity index is 1.82. The van der Waals surface area contributed by atoms with Gasteiger partial charge >= 0.3 is 127 Å². The van der Waals surface area contributed by atoms with Crippen molar-refractivity contribution in [1.29, 1.82) is 5.26 Å². The molecule has 0 fully saturated rings. The van der Waals surface area contributed by atoms with E-state index in [1.807, 2.05) is 22.6 Å². The smallest absolute Gasteiger partial charge is 0.192 e. The SMILES string of the molecule is [3H]c1c(F)cc(OCc2n[nH]cc2C=C[CH]=[W])cc1Oc1cc(Cl)cc(C#N)c1. The zero-order valence-electron chi connectivity index (χ0n) is 15.3. The first-order valence-corrected chi connectivity index (χ1v) is 10.0. The quantitative estimate of drug-likeness (QED) is 0.445. The van der Waals surface area contributed by atoms with Crippen LogP contribution in [0.25, 0.3) is 6.08 Å². The van der Waals surface area contributed by atoms with Gasteiger partial charge < -0.3 is 0 Å². The fraction of sp³-hybridized carbons (Fsp3) is 0.0500. The molecule has 0 aliphatic carbocycles. The molecule has 3 aromatic rings. The molecule has 0 radical (unpaired) electrons. The molecule has 140 valence electrons. The van der Waals surface area contributed by atoms with E-state index in [-0.39, 0.29) is 29.4 Å². The topological polar surface area (TPSA) is 70.9 Å². The number of H-pyrrole nitrogens is 1. The fourth-order valence-electron chi connectivity index (χ4n) is 2.32. The summed E-state index contributed by atoms with van der Waals surface area (Å²) in [5.74, 6) is -0.458. The van der Waals surface area contributed by atoms with Crippen LogP contribution < -0.4 is 9.47 Å². The van der Waals surface area contributed by atoms with Crippen LogP contribution in [0, 0.1) is 17.1 Å². The van der Waals surface area contributed by atoms with Gasteiger partial charge in [-0.05, 0) is 18.2 Å². The average molecular weight is 568 g/mol. The third kappa shape index (κ3) is 5.38. The zero-order chi connectivity index (χ0) is 20.8. The van der Waals surface area contributed by atoms with Gasteiger partial charge in [-0.3, -0.25) is 0 Å². The first kappa shape index (κ1) is 18.6. The Labute approximate surface area is 178 Å². The second-order valence-electron chi connectivity index (χ2n) is 5.49. The summed E-state index contributed by atoms with van der Waals surface area (Å²) in [4.78, 5) is 0. The summed E-state index contributed by atoms with van der Waals surface area (Å²) in [7, 11) is 0. The molecule has 8 heteroatoms. The number of hydrogen-bond acceptors (Lipinski definition) is 4. The van der Waals surface area contributed by atoms with Crippen LogP contribution in [-0.4, -0.2) is 14.6 Å². The van der Waals surface area contributed by atoms with Gasteiger partial charge in [-0.1, -0.05) is 11.6 Å². The molecule has 0 atom stereocenters. The van der Waals surface area contributed by atoms with Crippen molar-refractivity contribution in [2.24, 2.45) is 0 Å². The number of benzene rings is 2. The molecule has 0 aliphatic heterocycles. The molecule has 2 aromatic carbocycles. The van der Waals surface area contributed by atoms with Crippen molar-refractivity contribution in [2.45, 2.75) is 6.61 Å². The van der Waals surface area contributed by atoms with Crippen LogP contribution in [0.15, 0.2) is 48.6 Å². The molecule has 5 nitrogen and oxygen atoms in total. The van der Waals surface area contributed by atoms with Crippen molar-refractivity contribution >= 4 is 22.1 Å². The van der Waals surface area contributed by atoms with Crippen molar-refractivity contribution in [3.05, 3.63) is 76.3 Å². The van der Waals surface area contributed by atoms with Crippen LogP contribution in [0.2, 0.25) is 5.02 Å². The summed E-state index contributed by atoms with van der Waals surface area (Å²) in [5, 5.41) is 16.2. The van der Waals surface area contributed by atoms with E-state index < -0.39 is 11.9 Å². The fourth-order valence-corrected chi connectivity index (χ4v) is 2.83. The summed E-state index contributed by atoms with van der Waals surface area (Å²) in [6.07, 6.45) is 5.54. The second-order valence-corrected chi connectivity index (χ2v) is 6.90. The number of halogens is 2. The maximum absolute atomic E-state index is 14.2. The Morgan fingerprint density at radius 1 is 1.29 bits per heavy atom. The van der Waals surface area contributed by atoms with E-state index in [0.29, 0.717) is 10.7 Å². The summed E-state index contributed by atoms with van der Waals surface area (Å²) in [6, 6.07) is 8.45. The Kier molecular flexibility index (Phi) is 6.28. The van der Waals surface area contributed by atoms with Gasteiger partial charge in [0.1, 0.15) is 0 Å². The number of nitriles is 1. The number of nitrogens with zero attached hydrogens (tertiary/aromatic N) is 2. The number of aromatic amines is 1. The minimum absolute atomic E-state index is 0.0585. The predicted molar refractivity (Wildman–Crippen MR) is 101 cm³/mol. The van der Waals surface area contributed by atoms with Crippen LogP contribution >= 0.6 is 11.6 Å². The van der Waals surface area contributed by atoms with Gasteiger partial charge in [0.05, 0.1) is 11.6 Å². The molecule has 0 amide bonds. The molecule has 0 bridgehead atoms. The first-order chi connectivity index (χ1) is 14.0. The Morgan fingerprint density at radius 3 is 2.93 bits per heavy atom. The Morgan fingerprint density at radius 2 is 2.14 bits per heavy atom. The van der Waals surface area contributed by atoms with E-state index in [0.717, 1.165) is 11.6 Å². The average Bonchev–Trinajstić information content (AvgIpc) is 3.15. The molecule has 1 N–H and O–H groups in total. The number of nitrogens with one attached hydrogen (secondary N) is 1. The Hall–Kier alpha value is -2.74. The van der Waals surface area contributed by atoms with Gasteiger partial charge in [-0.25, -0.2) is 0 Å². The van der Waals surface area contributed by atoms with Gasteiger partial charge in [-0.15, -0.1) is 0 Å². The van der Waals surface area contributed by atoms with Crippen molar-refractivity contribution in [3.63, 3.8) is 0 Å². The number of hydrogen-bond donors (Lipinski definition) is 1. The summed E-state index contributed by atoms with van der Waals surface area (Å²) in [6.45, 7) is 0.103. The number of rotatable bonds is 7. The van der Waals surface area contributed by atoms with E-state index in [1.165, 1.54) is 43.6 Å². The molecule has 0 spiro atoms. The van der Waals surface area contributed by atoms with E-state index in [4.69, 9.17) is 27.7 Å². The van der Waals surface area contributed by atoms with Crippen molar-refractivity contribution in [3.8, 4) is 23.3 Å². The minimum atomic E-state index is -0.800. The van der Waals surface area contributed by atoms with Crippen molar-refractivity contribution in [1.82, 2.24) is 10.2 Å². The normalized spacial score (nSPS) is 11.1. The summed E-state index contributed by atoms with van der Waals surface area (Å²) < 4.78 is 35.3. The van der Waals surface area contributed by atoms with E-state index >= 15 is 0 Å². The summed E-state index contributed by atoms with van der Waals surface area (Å²) >= 11 is 7.29. The van der Waals surface area contributed by atoms with Gasteiger partial charge in [-0.2, -0.15) is 5.26 Å². The van der Waals surface area contributed by atoms with Crippen LogP contribution in [0.3, 0.4) is 0 Å². The zero-order valence-corrected chi connectivity index (χ0v) is 18.0. The predicted octanol–water partition coefficient (Wildman–Crippen LogP) is 4.81. The van der Waals surface area contributed by atoms with Crippen LogP contribution in [0.1, 0.15) is 18.2 Å². The monoisotopic (exact) mass is 567 g/mol. The first-order valence-electron chi connectivity index (χ1n) is 8.46. The second kappa shape index (κ2) is 9.45. The molecular formula is C20H13ClFN3O2W. The maximum atomic E-state index is 14.2. The number of aromatic nitrogens is 2. The number of allylic oxidation sites excluding steroid dienone is 1. The summed E-state index contributed by atoms with van der Waals surface area (Å²) in [5.41, 5.74) is 1.81. The van der Waals surface area contributed by atoms with Crippen LogP contribution in [0.4, 0.5) is 4.39 Å². The molecule has 1 aromatic heterocycles. The van der Waals surface area contributed by atoms with Gasteiger partial charge in [0.15, 0.2) is 0 Å². The van der Waals surface area contributed by atoms with Crippen molar-refractivity contribution < 1.29 is 34.6 Å². The molecule has 3 rings (SSSR count). The molecule has 1 heterocycles. The van der Waals surface area contributed by atoms with Gasteiger partial charge in [0.25, 0.3) is 0 Å². The molecule has 0 unspecified atom stereocenters. The number of ether oxygens (including phenoxy) is 2. The Bertz CT molecular complexity index is 1130.